The van der Waals surface area contributed by atoms with Crippen LogP contribution < -0.4 is 0 Å². The summed E-state index contributed by atoms with van der Waals surface area (Å²) in [6.45, 7) is 0. The summed E-state index contributed by atoms with van der Waals surface area (Å²) in [6, 6.07) is 0. The predicted octanol–water partition coefficient (Wildman–Crippen LogP) is -2.66. The van der Waals surface area contributed by atoms with Gasteiger partial charge in [0.05, 0.1) is 0 Å². The number of rotatable bonds is 0. The third-order valence-corrected chi connectivity index (χ3v) is 1.99. The normalized spacial score (nSPS) is 32.2. The van der Waals surface area contributed by atoms with Gasteiger partial charge in [0.2, 0.25) is 0 Å². The molecule has 1 rings (SSSR count). The molecular weight excluding hydrogens is 223 g/mol. The van der Waals surface area contributed by atoms with Crippen LogP contribution in [0.2, 0.25) is 0 Å². The van der Waals surface area contributed by atoms with Gasteiger partial charge >= 0.3 is 67.2 Å². The molecule has 1 aliphatic heterocycles. The quantitative estimate of drug-likeness (QED) is 0.439. The Bertz CT molecular complexity index is 171. The summed E-state index contributed by atoms with van der Waals surface area (Å²) in [7, 11) is 0. The molecule has 0 amide bonds. The van der Waals surface area contributed by atoms with Gasteiger partial charge in [0.1, 0.15) is 0 Å². The fraction of sp³-hybridized carbons (Fsp3) is 0.500. The van der Waals surface area contributed by atoms with Crippen molar-refractivity contribution in [2.75, 3.05) is 0 Å². The Hall–Kier alpha value is -0.621. The first kappa shape index (κ1) is 8.48. The van der Waals surface area contributed by atoms with Crippen molar-refractivity contribution in [1.82, 2.24) is 0 Å². The average Bonchev–Trinajstić information content (AvgIpc) is 2.07. The van der Waals surface area contributed by atoms with Crippen LogP contribution >= 0.6 is 0 Å². The third-order valence-electron chi connectivity index (χ3n) is 1.01. The number of hydrogen-bond donors (Lipinski definition) is 2. The van der Waals surface area contributed by atoms with Gasteiger partial charge in [-0.15, -0.1) is 0 Å². The van der Waals surface area contributed by atoms with Crippen molar-refractivity contribution < 1.29 is 27.4 Å². The van der Waals surface area contributed by atoms with Gasteiger partial charge in [-0.1, -0.05) is 0 Å². The molecule has 1 aliphatic rings. The molecule has 1 heterocycles. The van der Waals surface area contributed by atoms with Crippen molar-refractivity contribution in [3.8, 4) is 0 Å². The van der Waals surface area contributed by atoms with E-state index in [0.717, 1.165) is 0 Å². The first-order valence-corrected chi connectivity index (χ1v) is 3.98. The van der Waals surface area contributed by atoms with Gasteiger partial charge in [0.15, 0.2) is 0 Å². The Balaban J connectivity index is 2.73. The van der Waals surface area contributed by atoms with Gasteiger partial charge in [-0.25, -0.2) is 0 Å². The molecule has 0 spiro atoms. The standard InChI is InChI=1S/C4H4O6Se/c5-1-2(6)4(8)10-11-9-3(1)7/h1-2,5-6H. The van der Waals surface area contributed by atoms with Gasteiger partial charge in [-0.05, 0) is 0 Å². The summed E-state index contributed by atoms with van der Waals surface area (Å²) in [5, 5.41) is 17.6. The summed E-state index contributed by atoms with van der Waals surface area (Å²) in [5.74, 6) is -2.08. The molecule has 2 N–H and O–H groups in total. The molecule has 2 atom stereocenters. The van der Waals surface area contributed by atoms with Crippen molar-refractivity contribution in [3.63, 3.8) is 0 Å². The molecule has 1 fully saturated rings. The van der Waals surface area contributed by atoms with Crippen molar-refractivity contribution in [3.05, 3.63) is 0 Å². The molecule has 0 saturated carbocycles. The van der Waals surface area contributed by atoms with E-state index in [1.54, 1.807) is 0 Å². The first-order valence-electron chi connectivity index (χ1n) is 2.58. The molecule has 0 aliphatic carbocycles. The Morgan fingerprint density at radius 3 is 1.82 bits per heavy atom. The van der Waals surface area contributed by atoms with Gasteiger partial charge in [-0.2, -0.15) is 0 Å². The maximum absolute atomic E-state index is 10.5. The fourth-order valence-electron chi connectivity index (χ4n) is 0.440. The van der Waals surface area contributed by atoms with Gasteiger partial charge in [-0.3, -0.25) is 0 Å². The zero-order valence-corrected chi connectivity index (χ0v) is 6.80. The van der Waals surface area contributed by atoms with Crippen LogP contribution in [0.5, 0.6) is 0 Å². The Labute approximate surface area is 67.9 Å². The van der Waals surface area contributed by atoms with Crippen LogP contribution in [0, 0.1) is 0 Å². The Morgan fingerprint density at radius 2 is 1.45 bits per heavy atom. The fourth-order valence-corrected chi connectivity index (χ4v) is 1.21. The van der Waals surface area contributed by atoms with E-state index in [9.17, 15) is 9.59 Å². The summed E-state index contributed by atoms with van der Waals surface area (Å²) >= 11 is -1.08. The van der Waals surface area contributed by atoms with Crippen molar-refractivity contribution in [2.45, 2.75) is 12.2 Å². The Kier molecular flexibility index (Phi) is 2.45. The minimum absolute atomic E-state index is 1.04. The summed E-state index contributed by atoms with van der Waals surface area (Å²) in [5.41, 5.74) is 0. The predicted molar refractivity (Wildman–Crippen MR) is 30.0 cm³/mol. The number of carbonyl (C=O) groups is 2. The molecule has 1 saturated heterocycles. The van der Waals surface area contributed by atoms with Crippen molar-refractivity contribution in [2.24, 2.45) is 0 Å². The van der Waals surface area contributed by atoms with Crippen molar-refractivity contribution in [1.29, 1.82) is 0 Å². The molecule has 2 unspecified atom stereocenters. The van der Waals surface area contributed by atoms with Gasteiger partial charge in [0, 0.05) is 0 Å². The topological polar surface area (TPSA) is 93.1 Å². The third kappa shape index (κ3) is 1.69. The molecule has 0 radical (unpaired) electrons. The van der Waals surface area contributed by atoms with Crippen LogP contribution in [0.1, 0.15) is 0 Å². The molecule has 0 aromatic rings. The number of hydrogen-bond acceptors (Lipinski definition) is 6. The number of aliphatic hydroxyl groups excluding tert-OH is 2. The molecular formula is C4H4O6Se. The summed E-state index contributed by atoms with van der Waals surface area (Å²) < 4.78 is 8.45. The summed E-state index contributed by atoms with van der Waals surface area (Å²) in [4.78, 5) is 21.0. The number of carbonyl (C=O) groups excluding carboxylic acids is 2. The number of aliphatic hydroxyl groups is 2. The molecule has 0 bridgehead atoms. The summed E-state index contributed by atoms with van der Waals surface area (Å²) in [6.07, 6.45) is -3.65. The monoisotopic (exact) mass is 228 g/mol. The van der Waals surface area contributed by atoms with Crippen LogP contribution in [-0.4, -0.2) is 50.0 Å². The molecule has 62 valence electrons. The molecule has 0 aromatic carbocycles. The van der Waals surface area contributed by atoms with Crippen LogP contribution in [0.4, 0.5) is 0 Å². The first-order chi connectivity index (χ1) is 5.13. The van der Waals surface area contributed by atoms with Crippen LogP contribution in [0.3, 0.4) is 0 Å². The van der Waals surface area contributed by atoms with E-state index in [4.69, 9.17) is 10.2 Å². The van der Waals surface area contributed by atoms with E-state index >= 15 is 0 Å². The molecule has 7 heteroatoms. The van der Waals surface area contributed by atoms with E-state index < -0.39 is 39.8 Å². The SMILES string of the molecule is O=C1O[Se]OC(=O)C(O)C1O. The Morgan fingerprint density at radius 1 is 1.09 bits per heavy atom. The minimum atomic E-state index is -1.83. The van der Waals surface area contributed by atoms with Crippen LogP contribution in [0.25, 0.3) is 0 Å². The van der Waals surface area contributed by atoms with E-state index in [0.29, 0.717) is 0 Å². The van der Waals surface area contributed by atoms with E-state index in [-0.39, 0.29) is 0 Å². The van der Waals surface area contributed by atoms with Crippen LogP contribution in [-0.2, 0) is 17.2 Å². The zero-order chi connectivity index (χ0) is 8.43. The molecule has 11 heavy (non-hydrogen) atoms. The van der Waals surface area contributed by atoms with E-state index in [1.165, 1.54) is 0 Å². The molecule has 6 nitrogen and oxygen atoms in total. The average molecular weight is 227 g/mol. The van der Waals surface area contributed by atoms with Crippen LogP contribution in [0.15, 0.2) is 0 Å². The van der Waals surface area contributed by atoms with Gasteiger partial charge < -0.3 is 0 Å². The second-order valence-electron chi connectivity index (χ2n) is 1.76. The van der Waals surface area contributed by atoms with E-state index in [1.807, 2.05) is 0 Å². The zero-order valence-electron chi connectivity index (χ0n) is 5.09. The van der Waals surface area contributed by atoms with Crippen molar-refractivity contribution >= 4 is 27.6 Å². The second-order valence-corrected chi connectivity index (χ2v) is 2.75. The van der Waals surface area contributed by atoms with Gasteiger partial charge in [0.25, 0.3) is 0 Å². The van der Waals surface area contributed by atoms with E-state index in [2.05, 4.69) is 7.64 Å². The second kappa shape index (κ2) is 3.19. The maximum atomic E-state index is 10.5. The molecule has 0 aromatic heterocycles.